The number of hydrogen-bond acceptors (Lipinski definition) is 8. The Morgan fingerprint density at radius 3 is 2.74 bits per heavy atom. The molecular formula is C30H29N5O4. The third-order valence-electron chi connectivity index (χ3n) is 6.11. The summed E-state index contributed by atoms with van der Waals surface area (Å²) in [6.07, 6.45) is 6.12. The number of nitriles is 1. The molecule has 0 radical (unpaired) electrons. The number of aldehydes is 1. The molecule has 0 atom stereocenters. The van der Waals surface area contributed by atoms with Crippen molar-refractivity contribution < 1.29 is 18.7 Å². The van der Waals surface area contributed by atoms with Gasteiger partial charge in [0.15, 0.2) is 11.3 Å². The molecule has 0 bridgehead atoms. The lowest BCUT2D eigenvalue weighted by atomic mass is 10.1. The van der Waals surface area contributed by atoms with Gasteiger partial charge < -0.3 is 29.5 Å². The SMILES string of the molecule is CNc1ncc(/C=C/C(=O)N(C)Cc2c(C)oc3c(Oc4ccc(C#N)cc4)cccc23)cc1NCCC=O. The summed E-state index contributed by atoms with van der Waals surface area (Å²) in [7, 11) is 3.50. The zero-order valence-electron chi connectivity index (χ0n) is 22.0. The van der Waals surface area contributed by atoms with E-state index in [-0.39, 0.29) is 5.91 Å². The fourth-order valence-electron chi connectivity index (χ4n) is 4.05. The van der Waals surface area contributed by atoms with E-state index in [1.807, 2.05) is 31.2 Å². The van der Waals surface area contributed by atoms with Crippen molar-refractivity contribution in [3.63, 3.8) is 0 Å². The number of benzene rings is 2. The maximum absolute atomic E-state index is 12.9. The van der Waals surface area contributed by atoms with Crippen LogP contribution in [-0.2, 0) is 16.1 Å². The number of nitrogens with zero attached hydrogens (tertiary/aromatic N) is 3. The number of likely N-dealkylation sites (N-methyl/N-ethyl adjacent to an activating group) is 1. The highest BCUT2D eigenvalue weighted by molar-refractivity contribution is 5.93. The number of carbonyl (C=O) groups excluding carboxylic acids is 2. The van der Waals surface area contributed by atoms with Crippen LogP contribution in [0.15, 0.2) is 65.2 Å². The first kappa shape index (κ1) is 26.9. The van der Waals surface area contributed by atoms with Crippen LogP contribution < -0.4 is 15.4 Å². The molecule has 4 rings (SSSR count). The van der Waals surface area contributed by atoms with Gasteiger partial charge in [-0.05, 0) is 55.0 Å². The summed E-state index contributed by atoms with van der Waals surface area (Å²) in [5.74, 6) is 2.32. The van der Waals surface area contributed by atoms with Gasteiger partial charge >= 0.3 is 0 Å². The van der Waals surface area contributed by atoms with Crippen LogP contribution in [0.3, 0.4) is 0 Å². The minimum atomic E-state index is -0.179. The quantitative estimate of drug-likeness (QED) is 0.150. The van der Waals surface area contributed by atoms with E-state index in [0.29, 0.717) is 53.7 Å². The summed E-state index contributed by atoms with van der Waals surface area (Å²) >= 11 is 0. The van der Waals surface area contributed by atoms with Gasteiger partial charge in [0.1, 0.15) is 23.6 Å². The zero-order chi connectivity index (χ0) is 27.8. The van der Waals surface area contributed by atoms with Crippen LogP contribution in [-0.4, -0.2) is 42.7 Å². The minimum Gasteiger partial charge on any atom is -0.457 e. The predicted octanol–water partition coefficient (Wildman–Crippen LogP) is 5.51. The molecule has 0 fully saturated rings. The Kier molecular flexibility index (Phi) is 8.59. The number of hydrogen-bond donors (Lipinski definition) is 2. The molecule has 198 valence electrons. The van der Waals surface area contributed by atoms with E-state index in [9.17, 15) is 9.59 Å². The molecule has 1 amide bonds. The lowest BCUT2D eigenvalue weighted by Gasteiger charge is -2.15. The summed E-state index contributed by atoms with van der Waals surface area (Å²) < 4.78 is 12.1. The molecule has 0 aliphatic heterocycles. The monoisotopic (exact) mass is 523 g/mol. The van der Waals surface area contributed by atoms with E-state index in [1.54, 1.807) is 55.5 Å². The van der Waals surface area contributed by atoms with Crippen LogP contribution in [0.4, 0.5) is 11.5 Å². The second kappa shape index (κ2) is 12.4. The van der Waals surface area contributed by atoms with E-state index >= 15 is 0 Å². The molecule has 0 saturated heterocycles. The maximum Gasteiger partial charge on any atom is 0.246 e. The van der Waals surface area contributed by atoms with Crippen molar-refractivity contribution in [2.24, 2.45) is 0 Å². The van der Waals surface area contributed by atoms with Crippen molar-refractivity contribution in [1.29, 1.82) is 5.26 Å². The van der Waals surface area contributed by atoms with Crippen LogP contribution in [0.1, 0.15) is 28.9 Å². The summed E-state index contributed by atoms with van der Waals surface area (Å²) in [4.78, 5) is 29.6. The summed E-state index contributed by atoms with van der Waals surface area (Å²) in [6.45, 7) is 2.70. The minimum absolute atomic E-state index is 0.179. The first-order valence-electron chi connectivity index (χ1n) is 12.4. The molecule has 0 unspecified atom stereocenters. The molecule has 0 aliphatic carbocycles. The highest BCUT2D eigenvalue weighted by Gasteiger charge is 2.18. The molecule has 9 heteroatoms. The first-order valence-corrected chi connectivity index (χ1v) is 12.4. The Hall–Kier alpha value is -5.10. The second-order valence-electron chi connectivity index (χ2n) is 8.83. The standard InChI is InChI=1S/C30H29N5O4/c1-20-25(24-6-4-7-27(29(24)38-20)39-23-11-8-21(17-31)9-12-23)19-35(3)28(37)13-10-22-16-26(33-14-5-15-36)30(32-2)34-18-22/h4,6-13,15-16,18,33H,5,14,19H2,1-3H3,(H,32,34)/b13-10+. The topological polar surface area (TPSA) is 120 Å². The van der Waals surface area contributed by atoms with Crippen molar-refractivity contribution in [3.05, 3.63) is 83.3 Å². The molecule has 2 aromatic heterocycles. The number of para-hydroxylation sites is 1. The Labute approximate surface area is 226 Å². The number of ether oxygens (including phenoxy) is 1. The molecule has 4 aromatic rings. The zero-order valence-corrected chi connectivity index (χ0v) is 22.0. The van der Waals surface area contributed by atoms with Crippen molar-refractivity contribution in [2.45, 2.75) is 19.9 Å². The van der Waals surface area contributed by atoms with E-state index in [0.717, 1.165) is 28.5 Å². The Morgan fingerprint density at radius 2 is 2.03 bits per heavy atom. The summed E-state index contributed by atoms with van der Waals surface area (Å²) in [5.41, 5.74) is 3.54. The number of pyridine rings is 1. The fraction of sp³-hybridized carbons (Fsp3) is 0.200. The average Bonchev–Trinajstić information content (AvgIpc) is 3.27. The summed E-state index contributed by atoms with van der Waals surface area (Å²) in [6, 6.07) is 16.5. The number of rotatable bonds is 11. The molecule has 0 aliphatic rings. The highest BCUT2D eigenvalue weighted by atomic mass is 16.5. The van der Waals surface area contributed by atoms with Crippen LogP contribution >= 0.6 is 0 Å². The van der Waals surface area contributed by atoms with Crippen LogP contribution in [0.2, 0.25) is 0 Å². The van der Waals surface area contributed by atoms with E-state index in [4.69, 9.17) is 14.4 Å². The van der Waals surface area contributed by atoms with E-state index in [2.05, 4.69) is 21.7 Å². The number of nitrogens with one attached hydrogen (secondary N) is 2. The molecule has 9 nitrogen and oxygen atoms in total. The van der Waals surface area contributed by atoms with Crippen LogP contribution in [0, 0.1) is 18.3 Å². The number of fused-ring (bicyclic) bond motifs is 1. The van der Waals surface area contributed by atoms with E-state index in [1.165, 1.54) is 6.08 Å². The van der Waals surface area contributed by atoms with Gasteiger partial charge in [-0.2, -0.15) is 5.26 Å². The Morgan fingerprint density at radius 1 is 1.23 bits per heavy atom. The first-order chi connectivity index (χ1) is 18.9. The average molecular weight is 524 g/mol. The Bertz CT molecular complexity index is 1550. The summed E-state index contributed by atoms with van der Waals surface area (Å²) in [5, 5.41) is 16.1. The lowest BCUT2D eigenvalue weighted by Crippen LogP contribution is -2.24. The molecule has 2 aromatic carbocycles. The molecule has 0 spiro atoms. The van der Waals surface area contributed by atoms with Gasteiger partial charge in [0.25, 0.3) is 0 Å². The number of carbonyl (C=O) groups is 2. The molecule has 0 saturated carbocycles. The second-order valence-corrected chi connectivity index (χ2v) is 8.83. The maximum atomic E-state index is 12.9. The van der Waals surface area contributed by atoms with Gasteiger partial charge in [-0.25, -0.2) is 4.98 Å². The van der Waals surface area contributed by atoms with E-state index < -0.39 is 0 Å². The number of aryl methyl sites for hydroxylation is 1. The van der Waals surface area contributed by atoms with Gasteiger partial charge in [0, 0.05) is 56.8 Å². The highest BCUT2D eigenvalue weighted by Crippen LogP contribution is 2.35. The Balaban J connectivity index is 1.48. The molecule has 2 heterocycles. The predicted molar refractivity (Wildman–Crippen MR) is 151 cm³/mol. The number of anilines is 2. The van der Waals surface area contributed by atoms with Crippen molar-refractivity contribution in [3.8, 4) is 17.6 Å². The van der Waals surface area contributed by atoms with Crippen molar-refractivity contribution >= 4 is 40.7 Å². The third kappa shape index (κ3) is 6.43. The number of amides is 1. The van der Waals surface area contributed by atoms with Gasteiger partial charge in [-0.15, -0.1) is 0 Å². The van der Waals surface area contributed by atoms with Crippen LogP contribution in [0.25, 0.3) is 17.0 Å². The third-order valence-corrected chi connectivity index (χ3v) is 6.11. The van der Waals surface area contributed by atoms with Crippen molar-refractivity contribution in [1.82, 2.24) is 9.88 Å². The normalized spacial score (nSPS) is 10.8. The lowest BCUT2D eigenvalue weighted by molar-refractivity contribution is -0.125. The van der Waals surface area contributed by atoms with Crippen molar-refractivity contribution in [2.75, 3.05) is 31.3 Å². The van der Waals surface area contributed by atoms with Gasteiger partial charge in [0.05, 0.1) is 17.3 Å². The van der Waals surface area contributed by atoms with Crippen LogP contribution in [0.5, 0.6) is 11.5 Å². The molecule has 2 N–H and O–H groups in total. The molecular weight excluding hydrogens is 494 g/mol. The van der Waals surface area contributed by atoms with Gasteiger partial charge in [-0.1, -0.05) is 12.1 Å². The number of aromatic nitrogens is 1. The number of furan rings is 1. The fourth-order valence-corrected chi connectivity index (χ4v) is 4.05. The van der Waals surface area contributed by atoms with Gasteiger partial charge in [0.2, 0.25) is 5.91 Å². The van der Waals surface area contributed by atoms with Gasteiger partial charge in [-0.3, -0.25) is 4.79 Å². The largest absolute Gasteiger partial charge is 0.457 e. The smallest absolute Gasteiger partial charge is 0.246 e. The molecule has 39 heavy (non-hydrogen) atoms.